The lowest BCUT2D eigenvalue weighted by atomic mass is 9.98. The fourth-order valence-corrected chi connectivity index (χ4v) is 5.86. The zero-order valence-corrected chi connectivity index (χ0v) is 28.3. The summed E-state index contributed by atoms with van der Waals surface area (Å²) in [6.07, 6.45) is 37.0. The number of aryl methyl sites for hydroxylation is 1. The lowest BCUT2D eigenvalue weighted by Gasteiger charge is -2.21. The van der Waals surface area contributed by atoms with Crippen molar-refractivity contribution in [2.45, 2.75) is 117 Å². The van der Waals surface area contributed by atoms with Gasteiger partial charge < -0.3 is 16.0 Å². The second-order valence-corrected chi connectivity index (χ2v) is 12.6. The molecule has 2 rings (SSSR count). The summed E-state index contributed by atoms with van der Waals surface area (Å²) in [5, 5.41) is 10.1. The number of rotatable bonds is 21. The predicted molar refractivity (Wildman–Crippen MR) is 189 cm³/mol. The van der Waals surface area contributed by atoms with Crippen molar-refractivity contribution in [2.75, 3.05) is 11.9 Å². The summed E-state index contributed by atoms with van der Waals surface area (Å²) < 4.78 is 0. The molecule has 1 aliphatic rings. The van der Waals surface area contributed by atoms with Crippen LogP contribution in [0.15, 0.2) is 72.9 Å². The molecule has 0 saturated carbocycles. The van der Waals surface area contributed by atoms with Crippen molar-refractivity contribution in [3.8, 4) is 0 Å². The fourth-order valence-electron chi connectivity index (χ4n) is 4.77. The highest BCUT2D eigenvalue weighted by Crippen LogP contribution is 2.30. The molecule has 0 radical (unpaired) electrons. The first kappa shape index (κ1) is 37.2. The lowest BCUT2D eigenvalue weighted by molar-refractivity contribution is -0.127. The second-order valence-electron chi connectivity index (χ2n) is 11.5. The predicted octanol–water partition coefficient (Wildman–Crippen LogP) is 8.56. The Kier molecular flexibility index (Phi) is 19.7. The normalized spacial score (nSPS) is 16.4. The van der Waals surface area contributed by atoms with Gasteiger partial charge in [-0.1, -0.05) is 101 Å². The Hall–Kier alpha value is -3.03. The molecule has 0 unspecified atom stereocenters. The number of carbonyl (C=O) groups excluding carboxylic acids is 2. The molecule has 6 nitrogen and oxygen atoms in total. The fraction of sp³-hybridized carbons (Fsp3) is 0.541. The van der Waals surface area contributed by atoms with Crippen molar-refractivity contribution in [1.82, 2.24) is 15.6 Å². The van der Waals surface area contributed by atoms with E-state index in [1.807, 2.05) is 19.9 Å². The maximum atomic E-state index is 13.1. The summed E-state index contributed by atoms with van der Waals surface area (Å²) >= 11 is 1.56. The molecule has 0 saturated heterocycles. The summed E-state index contributed by atoms with van der Waals surface area (Å²) in [4.78, 5) is 31.6. The van der Waals surface area contributed by atoms with E-state index in [1.54, 1.807) is 11.3 Å². The number of aromatic nitrogens is 1. The first-order valence-electron chi connectivity index (χ1n) is 16.7. The smallest absolute Gasteiger partial charge is 0.248 e. The molecule has 0 aliphatic heterocycles. The van der Waals surface area contributed by atoms with Crippen LogP contribution in [-0.4, -0.2) is 35.4 Å². The van der Waals surface area contributed by atoms with Gasteiger partial charge in [0.2, 0.25) is 11.8 Å². The number of fused-ring (bicyclic) bond motifs is 1. The number of hydrogen-bond donors (Lipinski definition) is 3. The molecule has 2 amide bonds. The van der Waals surface area contributed by atoms with Crippen molar-refractivity contribution >= 4 is 28.3 Å². The van der Waals surface area contributed by atoms with Crippen molar-refractivity contribution in [3.63, 3.8) is 0 Å². The van der Waals surface area contributed by atoms with Crippen molar-refractivity contribution in [1.29, 1.82) is 0 Å². The van der Waals surface area contributed by atoms with Crippen LogP contribution in [0.25, 0.3) is 0 Å². The van der Waals surface area contributed by atoms with Crippen molar-refractivity contribution < 1.29 is 9.59 Å². The zero-order chi connectivity index (χ0) is 31.8. The molecule has 0 aromatic carbocycles. The first-order valence-corrected chi connectivity index (χ1v) is 17.5. The Bertz CT molecular complexity index is 1140. The summed E-state index contributed by atoms with van der Waals surface area (Å²) in [6, 6.07) is -0.108. The second kappa shape index (κ2) is 23.4. The molecule has 44 heavy (non-hydrogen) atoms. The summed E-state index contributed by atoms with van der Waals surface area (Å²) in [6.45, 7) is 9.26. The number of hydrogen-bond acceptors (Lipinski definition) is 5. The molecule has 0 fully saturated rings. The van der Waals surface area contributed by atoms with Crippen LogP contribution in [0.1, 0.15) is 102 Å². The third-order valence-corrected chi connectivity index (χ3v) is 8.29. The Morgan fingerprint density at radius 2 is 1.43 bits per heavy atom. The highest BCUT2D eigenvalue weighted by molar-refractivity contribution is 7.15. The van der Waals surface area contributed by atoms with E-state index in [4.69, 9.17) is 0 Å². The summed E-state index contributed by atoms with van der Waals surface area (Å²) in [5.41, 5.74) is 1.10. The van der Waals surface area contributed by atoms with Gasteiger partial charge in [-0.2, -0.15) is 0 Å². The molecule has 7 heteroatoms. The van der Waals surface area contributed by atoms with Crippen LogP contribution < -0.4 is 16.0 Å². The Morgan fingerprint density at radius 3 is 1.98 bits per heavy atom. The molecule has 0 spiro atoms. The monoisotopic (exact) mass is 620 g/mol. The molecular formula is C37H56N4O2S. The van der Waals surface area contributed by atoms with Gasteiger partial charge in [0.15, 0.2) is 5.13 Å². The number of nitrogens with zero attached hydrogens (tertiary/aromatic N) is 1. The van der Waals surface area contributed by atoms with Gasteiger partial charge in [0, 0.05) is 17.3 Å². The standard InChI is InChI=1S/C37H56N4O2S/c1-5-7-8-9-10-11-12-13-14-15-16-17-18-19-20-21-22-23-24-25-34(42)40-35(30(3)4)36(43)41-37-39-32-27-26-31(38-28-6-2)29-33(32)44-37/h7-8,10-11,13-14,16-17,19-20,22-23,30-31,35,38H,5-6,9,12,15,18,21,24-29H2,1-4H3,(H,40,42)(H,39,41,43)/b8-7-,11-10-,14-13-,17-16-,20-19-,23-22-/t31-,35+/m1/s1. The van der Waals surface area contributed by atoms with Gasteiger partial charge in [-0.15, -0.1) is 11.3 Å². The van der Waals surface area contributed by atoms with E-state index in [2.05, 4.69) is 102 Å². The van der Waals surface area contributed by atoms with Crippen molar-refractivity contribution in [2.24, 2.45) is 5.92 Å². The third kappa shape index (κ3) is 16.2. The van der Waals surface area contributed by atoms with E-state index >= 15 is 0 Å². The summed E-state index contributed by atoms with van der Waals surface area (Å²) in [7, 11) is 0. The first-order chi connectivity index (χ1) is 21.4. The minimum atomic E-state index is -0.590. The molecule has 0 bridgehead atoms. The molecule has 1 aromatic heterocycles. The minimum absolute atomic E-state index is 0.0259. The topological polar surface area (TPSA) is 83.1 Å². The average Bonchev–Trinajstić information content (AvgIpc) is 3.41. The minimum Gasteiger partial charge on any atom is -0.344 e. The lowest BCUT2D eigenvalue weighted by Crippen LogP contribution is -2.47. The SMILES string of the molecule is CC/C=C\C/C=C\C/C=C\C/C=C\C/C=C\C/C=C\CCC(=O)N[C@H](C(=O)Nc1nc2c(s1)C[C@H](NCCC)CC2)C(C)C. The van der Waals surface area contributed by atoms with Crippen LogP contribution in [-0.2, 0) is 22.4 Å². The number of amides is 2. The van der Waals surface area contributed by atoms with E-state index in [-0.39, 0.29) is 17.7 Å². The molecule has 242 valence electrons. The number of carbonyl (C=O) groups is 2. The zero-order valence-electron chi connectivity index (χ0n) is 27.5. The quantitative estimate of drug-likeness (QED) is 0.120. The van der Waals surface area contributed by atoms with Crippen LogP contribution in [0, 0.1) is 5.92 Å². The van der Waals surface area contributed by atoms with E-state index < -0.39 is 6.04 Å². The number of anilines is 1. The highest BCUT2D eigenvalue weighted by atomic mass is 32.1. The van der Waals surface area contributed by atoms with Crippen molar-refractivity contribution in [3.05, 3.63) is 83.5 Å². The van der Waals surface area contributed by atoms with E-state index in [1.165, 1.54) is 4.88 Å². The molecular weight excluding hydrogens is 565 g/mol. The maximum absolute atomic E-state index is 13.1. The number of thiazole rings is 1. The molecule has 1 aromatic rings. The highest BCUT2D eigenvalue weighted by Gasteiger charge is 2.27. The van der Waals surface area contributed by atoms with Crippen LogP contribution >= 0.6 is 11.3 Å². The van der Waals surface area contributed by atoms with Gasteiger partial charge in [-0.05, 0) is 83.1 Å². The number of allylic oxidation sites excluding steroid dienone is 12. The Balaban J connectivity index is 1.61. The third-order valence-electron chi connectivity index (χ3n) is 7.25. The molecule has 3 N–H and O–H groups in total. The molecule has 1 heterocycles. The van der Waals surface area contributed by atoms with Crippen LogP contribution in [0.3, 0.4) is 0 Å². The van der Waals surface area contributed by atoms with Gasteiger partial charge in [-0.3, -0.25) is 9.59 Å². The van der Waals surface area contributed by atoms with Gasteiger partial charge >= 0.3 is 0 Å². The maximum Gasteiger partial charge on any atom is 0.248 e. The van der Waals surface area contributed by atoms with Crippen LogP contribution in [0.4, 0.5) is 5.13 Å². The number of nitrogens with one attached hydrogen (secondary N) is 3. The Labute approximate surface area is 271 Å². The van der Waals surface area contributed by atoms with E-state index in [9.17, 15) is 9.59 Å². The molecule has 1 aliphatic carbocycles. The van der Waals surface area contributed by atoms with Gasteiger partial charge in [-0.25, -0.2) is 4.98 Å². The summed E-state index contributed by atoms with van der Waals surface area (Å²) in [5.74, 6) is -0.335. The van der Waals surface area contributed by atoms with Gasteiger partial charge in [0.25, 0.3) is 0 Å². The Morgan fingerprint density at radius 1 is 0.864 bits per heavy atom. The molecule has 2 atom stereocenters. The van der Waals surface area contributed by atoms with E-state index in [0.29, 0.717) is 24.0 Å². The van der Waals surface area contributed by atoms with Gasteiger partial charge in [0.1, 0.15) is 6.04 Å². The van der Waals surface area contributed by atoms with Crippen LogP contribution in [0.2, 0.25) is 0 Å². The van der Waals surface area contributed by atoms with Crippen LogP contribution in [0.5, 0.6) is 0 Å². The largest absolute Gasteiger partial charge is 0.344 e. The van der Waals surface area contributed by atoms with E-state index in [0.717, 1.165) is 76.4 Å². The van der Waals surface area contributed by atoms with Gasteiger partial charge in [0.05, 0.1) is 5.69 Å². The average molecular weight is 621 g/mol.